The molecule has 4 atom stereocenters. The first kappa shape index (κ1) is 20.8. The molecule has 0 radical (unpaired) electrons. The van der Waals surface area contributed by atoms with Crippen LogP contribution in [0.5, 0.6) is 5.75 Å². The average molecular weight is 429 g/mol. The van der Waals surface area contributed by atoms with Gasteiger partial charge in [-0.3, -0.25) is 9.59 Å². The summed E-state index contributed by atoms with van der Waals surface area (Å²) in [6.45, 7) is 3.50. The first-order chi connectivity index (χ1) is 13.1. The second-order valence-corrected chi connectivity index (χ2v) is 9.22. The van der Waals surface area contributed by atoms with E-state index in [0.29, 0.717) is 16.9 Å². The van der Waals surface area contributed by atoms with Gasteiger partial charge in [-0.15, -0.1) is 23.4 Å². The lowest BCUT2D eigenvalue weighted by molar-refractivity contribution is -0.161. The van der Waals surface area contributed by atoms with Gasteiger partial charge in [0.1, 0.15) is 23.2 Å². The van der Waals surface area contributed by atoms with E-state index < -0.39 is 46.1 Å². The van der Waals surface area contributed by atoms with Crippen molar-refractivity contribution in [2.45, 2.75) is 48.0 Å². The van der Waals surface area contributed by atoms with Crippen LogP contribution in [0.3, 0.4) is 0 Å². The number of amides is 2. The van der Waals surface area contributed by atoms with Gasteiger partial charge in [0.05, 0.1) is 7.11 Å². The van der Waals surface area contributed by atoms with Gasteiger partial charge in [0.25, 0.3) is 5.91 Å². The Morgan fingerprint density at radius 1 is 1.43 bits per heavy atom. The Balaban J connectivity index is 1.74. The van der Waals surface area contributed by atoms with Gasteiger partial charge < -0.3 is 25.2 Å². The summed E-state index contributed by atoms with van der Waals surface area (Å²) in [5, 5.41) is 22.0. The summed E-state index contributed by atoms with van der Waals surface area (Å²) >= 11 is 7.23. The number of ether oxygens (including phenoxy) is 1. The van der Waals surface area contributed by atoms with Crippen LogP contribution >= 0.6 is 23.4 Å². The molecule has 2 aliphatic heterocycles. The van der Waals surface area contributed by atoms with Gasteiger partial charge in [0, 0.05) is 10.6 Å². The topological polar surface area (TPSA) is 116 Å². The van der Waals surface area contributed by atoms with Crippen molar-refractivity contribution in [3.63, 3.8) is 0 Å². The van der Waals surface area contributed by atoms with Crippen LogP contribution in [0.25, 0.3) is 0 Å². The quantitative estimate of drug-likeness (QED) is 0.459. The van der Waals surface area contributed by atoms with E-state index in [0.717, 1.165) is 0 Å². The van der Waals surface area contributed by atoms with Crippen LogP contribution in [0, 0.1) is 0 Å². The minimum atomic E-state index is -1.52. The molecule has 8 nitrogen and oxygen atoms in total. The highest BCUT2D eigenvalue weighted by atomic mass is 35.5. The van der Waals surface area contributed by atoms with Crippen LogP contribution in [0.1, 0.15) is 31.1 Å². The van der Waals surface area contributed by atoms with E-state index in [1.807, 2.05) is 0 Å². The number of rotatable bonds is 6. The number of halogens is 1. The first-order valence-electron chi connectivity index (χ1n) is 8.56. The lowest BCUT2D eigenvalue weighted by atomic mass is 9.95. The van der Waals surface area contributed by atoms with Crippen LogP contribution < -0.4 is 10.1 Å². The van der Waals surface area contributed by atoms with Crippen LogP contribution in [0.2, 0.25) is 0 Å². The molecule has 1 aromatic carbocycles. The van der Waals surface area contributed by atoms with Gasteiger partial charge in [-0.2, -0.15) is 0 Å². The highest BCUT2D eigenvalue weighted by molar-refractivity contribution is 8.01. The Kier molecular flexibility index (Phi) is 5.53. The minimum Gasteiger partial charge on any atom is -0.497 e. The largest absolute Gasteiger partial charge is 0.497 e. The highest BCUT2D eigenvalue weighted by Gasteiger charge is 2.64. The summed E-state index contributed by atoms with van der Waals surface area (Å²) in [6.07, 6.45) is -1.52. The van der Waals surface area contributed by atoms with Gasteiger partial charge in [0.2, 0.25) is 5.91 Å². The molecule has 2 saturated heterocycles. The van der Waals surface area contributed by atoms with Crippen molar-refractivity contribution in [1.29, 1.82) is 0 Å². The van der Waals surface area contributed by atoms with Crippen molar-refractivity contribution >= 4 is 41.1 Å². The third kappa shape index (κ3) is 3.31. The normalized spacial score (nSPS) is 26.2. The van der Waals surface area contributed by atoms with Gasteiger partial charge in [0.15, 0.2) is 6.10 Å². The summed E-state index contributed by atoms with van der Waals surface area (Å²) in [4.78, 5) is 37.8. The maximum Gasteiger partial charge on any atom is 0.327 e. The maximum atomic E-state index is 12.5. The number of nitrogens with one attached hydrogen (secondary N) is 1. The molecular formula is C18H21ClN2O6S. The number of carbonyl (C=O) groups is 3. The fourth-order valence-corrected chi connectivity index (χ4v) is 5.47. The lowest BCUT2D eigenvalue weighted by Crippen LogP contribution is -2.70. The zero-order valence-electron chi connectivity index (χ0n) is 15.5. The summed E-state index contributed by atoms with van der Waals surface area (Å²) < 4.78 is 4.42. The zero-order valence-corrected chi connectivity index (χ0v) is 17.1. The number of alkyl halides is 1. The number of fused-ring (bicyclic) bond motifs is 1. The van der Waals surface area contributed by atoms with E-state index in [2.05, 4.69) is 5.32 Å². The fourth-order valence-electron chi connectivity index (χ4n) is 3.61. The predicted molar refractivity (Wildman–Crippen MR) is 103 cm³/mol. The van der Waals surface area contributed by atoms with Gasteiger partial charge in [-0.05, 0) is 37.1 Å². The second kappa shape index (κ2) is 7.46. The molecule has 0 spiro atoms. The second-order valence-electron chi connectivity index (χ2n) is 7.19. The molecule has 2 amide bonds. The molecule has 0 aliphatic carbocycles. The maximum absolute atomic E-state index is 12.5. The van der Waals surface area contributed by atoms with Crippen molar-refractivity contribution in [3.05, 3.63) is 29.3 Å². The Hall–Kier alpha value is -1.97. The molecule has 0 saturated carbocycles. The molecule has 3 N–H and O–H groups in total. The molecule has 1 aromatic rings. The number of aliphatic hydroxyl groups is 1. The number of carboxylic acid groups (broad SMARTS) is 1. The lowest BCUT2D eigenvalue weighted by Gasteiger charge is -2.43. The zero-order chi connectivity index (χ0) is 20.8. The monoisotopic (exact) mass is 428 g/mol. The van der Waals surface area contributed by atoms with E-state index in [1.165, 1.54) is 23.8 Å². The van der Waals surface area contributed by atoms with E-state index in [-0.39, 0.29) is 5.88 Å². The average Bonchev–Trinajstić information content (AvgIpc) is 2.92. The van der Waals surface area contributed by atoms with Gasteiger partial charge in [-0.1, -0.05) is 6.07 Å². The fraction of sp³-hybridized carbons (Fsp3) is 0.500. The highest BCUT2D eigenvalue weighted by Crippen LogP contribution is 2.50. The summed E-state index contributed by atoms with van der Waals surface area (Å²) in [5.74, 6) is -1.68. The van der Waals surface area contributed by atoms with Crippen molar-refractivity contribution in [2.24, 2.45) is 0 Å². The number of hydrogen-bond donors (Lipinski definition) is 3. The standard InChI is InChI=1S/C18H21ClN2O6S/c1-18(2)13(17(25)26)21-15(24)11(16(21)28-18)20-14(23)12(22)10-5-4-9(27-3)6-8(10)7-19/h4-6,11-13,16,22H,7H2,1-3H3,(H,20,23)(H,25,26). The van der Waals surface area contributed by atoms with Crippen LogP contribution in [0.4, 0.5) is 0 Å². The number of aliphatic carboxylic acids is 1. The minimum absolute atomic E-state index is 0.0694. The van der Waals surface area contributed by atoms with Crippen molar-refractivity contribution in [2.75, 3.05) is 7.11 Å². The van der Waals surface area contributed by atoms with Crippen molar-refractivity contribution < 1.29 is 29.3 Å². The number of aliphatic hydroxyl groups excluding tert-OH is 1. The Bertz CT molecular complexity index is 832. The molecule has 0 aromatic heterocycles. The van der Waals surface area contributed by atoms with E-state index in [9.17, 15) is 24.6 Å². The van der Waals surface area contributed by atoms with E-state index >= 15 is 0 Å². The number of nitrogens with zero attached hydrogens (tertiary/aromatic N) is 1. The number of carbonyl (C=O) groups excluding carboxylic acids is 2. The third-order valence-electron chi connectivity index (χ3n) is 5.01. The number of benzene rings is 1. The molecule has 3 rings (SSSR count). The number of β-lactam (4-membered cyclic amide) rings is 1. The number of hydrogen-bond acceptors (Lipinski definition) is 6. The molecule has 2 aliphatic rings. The Morgan fingerprint density at radius 2 is 2.11 bits per heavy atom. The Morgan fingerprint density at radius 3 is 2.68 bits per heavy atom. The predicted octanol–water partition coefficient (Wildman–Crippen LogP) is 1.10. The summed E-state index contributed by atoms with van der Waals surface area (Å²) in [6, 6.07) is 2.93. The Labute approximate surface area is 171 Å². The summed E-state index contributed by atoms with van der Waals surface area (Å²) in [5.41, 5.74) is 0.854. The van der Waals surface area contributed by atoms with Crippen LogP contribution in [-0.2, 0) is 20.3 Å². The van der Waals surface area contributed by atoms with Gasteiger partial charge in [-0.25, -0.2) is 4.79 Å². The van der Waals surface area contributed by atoms with Crippen molar-refractivity contribution in [1.82, 2.24) is 10.2 Å². The molecule has 10 heteroatoms. The number of methoxy groups -OCH3 is 1. The molecule has 2 heterocycles. The number of thioether (sulfide) groups is 1. The number of carboxylic acids is 1. The SMILES string of the molecule is COc1ccc(C(O)C(=O)NC2C(=O)N3C2SC(C)(C)C3C(=O)O)c(CCl)c1. The molecule has 0 bridgehead atoms. The smallest absolute Gasteiger partial charge is 0.327 e. The summed E-state index contributed by atoms with van der Waals surface area (Å²) in [7, 11) is 1.50. The van der Waals surface area contributed by atoms with Crippen molar-refractivity contribution in [3.8, 4) is 5.75 Å². The molecule has 152 valence electrons. The molecule has 28 heavy (non-hydrogen) atoms. The third-order valence-corrected chi connectivity index (χ3v) is 6.87. The van der Waals surface area contributed by atoms with Gasteiger partial charge >= 0.3 is 5.97 Å². The van der Waals surface area contributed by atoms with E-state index in [1.54, 1.807) is 32.0 Å². The van der Waals surface area contributed by atoms with Crippen LogP contribution in [0.15, 0.2) is 18.2 Å². The van der Waals surface area contributed by atoms with Crippen LogP contribution in [-0.4, -0.2) is 62.2 Å². The molecular weight excluding hydrogens is 408 g/mol. The molecule has 4 unspecified atom stereocenters. The van der Waals surface area contributed by atoms with E-state index in [4.69, 9.17) is 16.3 Å². The molecule has 2 fully saturated rings. The first-order valence-corrected chi connectivity index (χ1v) is 9.97.